The smallest absolute Gasteiger partial charge is 1.00 e. The van der Waals surface area contributed by atoms with E-state index in [0.717, 1.165) is 38.9 Å². The van der Waals surface area contributed by atoms with Crippen LogP contribution in [0.3, 0.4) is 0 Å². The summed E-state index contributed by atoms with van der Waals surface area (Å²) in [5.41, 5.74) is 3.14. The molecule has 0 aromatic carbocycles. The predicted octanol–water partition coefficient (Wildman–Crippen LogP) is 2.57. The second-order valence-electron chi connectivity index (χ2n) is 9.46. The molecule has 0 spiro atoms. The van der Waals surface area contributed by atoms with Crippen LogP contribution in [-0.4, -0.2) is 29.8 Å². The summed E-state index contributed by atoms with van der Waals surface area (Å²) in [6, 6.07) is 7.34. The van der Waals surface area contributed by atoms with E-state index in [2.05, 4.69) is 78.0 Å². The third kappa shape index (κ3) is 8.96. The SMILES string of the molecule is CC[Si](CC)(CC)OCCCC(CO[Si](CC)(CC)CC)(C1=CC=CC1)C1=CC=CC1.[Cl-].[Cl-].[Zr+2]. The van der Waals surface area contributed by atoms with E-state index in [1.807, 2.05) is 0 Å². The predicted molar refractivity (Wildman–Crippen MR) is 142 cm³/mol. The fourth-order valence-corrected chi connectivity index (χ4v) is 10.8. The number of halogens is 2. The van der Waals surface area contributed by atoms with E-state index in [4.69, 9.17) is 8.85 Å². The summed E-state index contributed by atoms with van der Waals surface area (Å²) < 4.78 is 13.6. The van der Waals surface area contributed by atoms with Crippen LogP contribution < -0.4 is 24.8 Å². The maximum absolute atomic E-state index is 7.00. The first-order chi connectivity index (χ1) is 15.0. The Bertz CT molecular complexity index is 638. The zero-order valence-corrected chi connectivity index (χ0v) is 28.5. The molecule has 0 aromatic rings. The number of hydrogen-bond acceptors (Lipinski definition) is 2. The Hall–Kier alpha value is 0.777. The molecule has 194 valence electrons. The average Bonchev–Trinajstić information content (AvgIpc) is 3.55. The van der Waals surface area contributed by atoms with Gasteiger partial charge in [0.25, 0.3) is 0 Å². The minimum Gasteiger partial charge on any atom is -1.00 e. The molecule has 34 heavy (non-hydrogen) atoms. The van der Waals surface area contributed by atoms with Crippen LogP contribution >= 0.6 is 0 Å². The molecule has 0 fully saturated rings. The van der Waals surface area contributed by atoms with Crippen molar-refractivity contribution in [2.45, 2.75) is 103 Å². The van der Waals surface area contributed by atoms with Crippen LogP contribution in [0, 0.1) is 5.41 Å². The third-order valence-corrected chi connectivity index (χ3v) is 17.7. The molecule has 0 saturated heterocycles. The van der Waals surface area contributed by atoms with E-state index in [-0.39, 0.29) is 56.4 Å². The van der Waals surface area contributed by atoms with E-state index in [1.165, 1.54) is 36.3 Å². The van der Waals surface area contributed by atoms with Crippen LogP contribution in [0.2, 0.25) is 36.3 Å². The first-order valence-corrected chi connectivity index (χ1v) is 18.1. The van der Waals surface area contributed by atoms with Crippen molar-refractivity contribution in [2.75, 3.05) is 13.2 Å². The van der Waals surface area contributed by atoms with Gasteiger partial charge >= 0.3 is 26.2 Å². The van der Waals surface area contributed by atoms with Gasteiger partial charge in [-0.3, -0.25) is 0 Å². The van der Waals surface area contributed by atoms with E-state index < -0.39 is 16.6 Å². The topological polar surface area (TPSA) is 18.5 Å². The van der Waals surface area contributed by atoms with Gasteiger partial charge in [0.2, 0.25) is 0 Å². The largest absolute Gasteiger partial charge is 2.00 e. The van der Waals surface area contributed by atoms with Crippen molar-refractivity contribution in [1.82, 2.24) is 0 Å². The Morgan fingerprint density at radius 3 is 1.47 bits per heavy atom. The van der Waals surface area contributed by atoms with E-state index in [9.17, 15) is 0 Å². The van der Waals surface area contributed by atoms with Crippen LogP contribution in [0.4, 0.5) is 0 Å². The molecule has 2 nitrogen and oxygen atoms in total. The van der Waals surface area contributed by atoms with E-state index >= 15 is 0 Å². The van der Waals surface area contributed by atoms with Crippen molar-refractivity contribution < 1.29 is 59.9 Å². The van der Waals surface area contributed by atoms with Crippen LogP contribution in [-0.2, 0) is 35.1 Å². The molecular formula is C27H48Cl2O2Si2Zr. The second-order valence-corrected chi connectivity index (χ2v) is 19.0. The summed E-state index contributed by atoms with van der Waals surface area (Å²) >= 11 is 0. The quantitative estimate of drug-likeness (QED) is 0.195. The van der Waals surface area contributed by atoms with E-state index in [1.54, 1.807) is 11.1 Å². The Balaban J connectivity index is 0. The van der Waals surface area contributed by atoms with Crippen LogP contribution in [0.15, 0.2) is 47.6 Å². The van der Waals surface area contributed by atoms with Crippen molar-refractivity contribution in [3.63, 3.8) is 0 Å². The monoisotopic (exact) mass is 620 g/mol. The van der Waals surface area contributed by atoms with Gasteiger partial charge in [-0.2, -0.15) is 0 Å². The van der Waals surface area contributed by atoms with Gasteiger partial charge in [-0.05, 0) is 61.9 Å². The number of hydrogen-bond donors (Lipinski definition) is 0. The summed E-state index contributed by atoms with van der Waals surface area (Å²) in [6.07, 6.45) is 18.3. The fraction of sp³-hybridized carbons (Fsp3) is 0.704. The molecule has 0 radical (unpaired) electrons. The van der Waals surface area contributed by atoms with Crippen molar-refractivity contribution >= 4 is 16.6 Å². The van der Waals surface area contributed by atoms with Gasteiger partial charge in [0.1, 0.15) is 0 Å². The van der Waals surface area contributed by atoms with Crippen LogP contribution in [0.1, 0.15) is 67.2 Å². The molecule has 0 unspecified atom stereocenters. The maximum Gasteiger partial charge on any atom is 2.00 e. The summed E-state index contributed by atoms with van der Waals surface area (Å²) in [6.45, 7) is 15.8. The van der Waals surface area contributed by atoms with Crippen LogP contribution in [0.25, 0.3) is 0 Å². The third-order valence-electron chi connectivity index (χ3n) is 8.42. The average molecular weight is 623 g/mol. The first-order valence-electron chi connectivity index (χ1n) is 13.0. The Morgan fingerprint density at radius 2 is 1.12 bits per heavy atom. The van der Waals surface area contributed by atoms with Gasteiger partial charge in [-0.1, -0.05) is 89.1 Å². The van der Waals surface area contributed by atoms with E-state index in [0.29, 0.717) is 0 Å². The molecule has 0 aromatic heterocycles. The van der Waals surface area contributed by atoms with Gasteiger partial charge in [-0.25, -0.2) is 0 Å². The Labute approximate surface area is 244 Å². The molecule has 2 aliphatic carbocycles. The molecule has 7 heteroatoms. The minimum atomic E-state index is -1.64. The van der Waals surface area contributed by atoms with Gasteiger partial charge in [0, 0.05) is 18.6 Å². The summed E-state index contributed by atoms with van der Waals surface area (Å²) in [5, 5.41) is 0. The van der Waals surface area contributed by atoms with Gasteiger partial charge in [-0.15, -0.1) is 0 Å². The van der Waals surface area contributed by atoms with Crippen molar-refractivity contribution in [1.29, 1.82) is 0 Å². The molecule has 0 bridgehead atoms. The van der Waals surface area contributed by atoms with Crippen LogP contribution in [0.5, 0.6) is 0 Å². The molecule has 2 aliphatic rings. The fourth-order valence-electron chi connectivity index (χ4n) is 5.44. The second kappa shape index (κ2) is 18.1. The Kier molecular flexibility index (Phi) is 19.7. The molecule has 0 aliphatic heterocycles. The summed E-state index contributed by atoms with van der Waals surface area (Å²) in [5.74, 6) is 0. The standard InChI is InChI=1S/C27H48O2Si2.2ClH.Zr/c1-7-30(8-2,9-3)28-23-17-22-27(25-18-13-14-19-25,26-20-15-16-21-26)24-29-31(10-4,11-5)12-6;;;/h13-16,18,20H,7-12,17,19,21-24H2,1-6H3;2*1H;/q;;;+2/p-2. The molecule has 0 amide bonds. The molecule has 0 N–H and O–H groups in total. The van der Waals surface area contributed by atoms with Crippen molar-refractivity contribution in [2.24, 2.45) is 5.41 Å². The maximum atomic E-state index is 7.00. The molecule has 0 heterocycles. The Morgan fingerprint density at radius 1 is 0.706 bits per heavy atom. The van der Waals surface area contributed by atoms with Gasteiger partial charge in [0.05, 0.1) is 0 Å². The molecule has 0 atom stereocenters. The van der Waals surface area contributed by atoms with Crippen molar-refractivity contribution in [3.05, 3.63) is 47.6 Å². The molecule has 2 rings (SSSR count). The number of rotatable bonds is 16. The number of allylic oxidation sites excluding steroid dienone is 6. The molecular weight excluding hydrogens is 575 g/mol. The summed E-state index contributed by atoms with van der Waals surface area (Å²) in [7, 11) is -3.16. The summed E-state index contributed by atoms with van der Waals surface area (Å²) in [4.78, 5) is 0. The zero-order chi connectivity index (χ0) is 22.8. The van der Waals surface area contributed by atoms with Gasteiger partial charge < -0.3 is 33.7 Å². The first kappa shape index (κ1) is 36.9. The zero-order valence-electron chi connectivity index (χ0n) is 22.5. The normalized spacial score (nSPS) is 15.4. The van der Waals surface area contributed by atoms with Crippen molar-refractivity contribution in [3.8, 4) is 0 Å². The minimum absolute atomic E-state index is 0. The van der Waals surface area contributed by atoms with Gasteiger partial charge in [0.15, 0.2) is 16.6 Å². The molecule has 0 saturated carbocycles.